The van der Waals surface area contributed by atoms with Crippen LogP contribution in [0.4, 0.5) is 0 Å². The molecule has 2 atom stereocenters. The van der Waals surface area contributed by atoms with E-state index in [0.29, 0.717) is 19.6 Å². The second kappa shape index (κ2) is 6.75. The van der Waals surface area contributed by atoms with Gasteiger partial charge >= 0.3 is 0 Å². The summed E-state index contributed by atoms with van der Waals surface area (Å²) in [6, 6.07) is 20.3. The van der Waals surface area contributed by atoms with Crippen LogP contribution in [0, 0.1) is 0 Å². The summed E-state index contributed by atoms with van der Waals surface area (Å²) < 4.78 is 5.91. The fourth-order valence-electron chi connectivity index (χ4n) is 2.88. The Morgan fingerprint density at radius 2 is 1.73 bits per heavy atom. The van der Waals surface area contributed by atoms with Crippen molar-refractivity contribution in [1.29, 1.82) is 0 Å². The number of carbonyl (C=O) groups excluding carboxylic acids is 1. The van der Waals surface area contributed by atoms with Gasteiger partial charge in [0.25, 0.3) is 0 Å². The molecule has 0 aromatic heterocycles. The van der Waals surface area contributed by atoms with Gasteiger partial charge in [0, 0.05) is 6.54 Å². The van der Waals surface area contributed by atoms with E-state index in [1.807, 2.05) is 53.4 Å². The number of benzene rings is 2. The molecule has 1 aliphatic heterocycles. The zero-order valence-electron chi connectivity index (χ0n) is 12.8. The summed E-state index contributed by atoms with van der Waals surface area (Å²) in [5, 5.41) is 0. The van der Waals surface area contributed by atoms with Crippen molar-refractivity contribution in [2.45, 2.75) is 32.1 Å². The van der Waals surface area contributed by atoms with E-state index < -0.39 is 0 Å². The molecule has 1 saturated heterocycles. The standard InChI is InChI=1S/C19H21NO2/c1-15(17-10-6-3-7-11-17)20-13-18(12-19(20)21)22-14-16-8-4-2-5-9-16/h2-11,15,18H,12-14H2,1H3/t15-,18+/m0/s1. The maximum Gasteiger partial charge on any atom is 0.225 e. The molecule has 3 heteroatoms. The minimum Gasteiger partial charge on any atom is -0.371 e. The molecule has 2 aromatic carbocycles. The molecule has 0 unspecified atom stereocenters. The molecule has 0 radical (unpaired) electrons. The quantitative estimate of drug-likeness (QED) is 0.844. The summed E-state index contributed by atoms with van der Waals surface area (Å²) in [7, 11) is 0. The number of ether oxygens (including phenoxy) is 1. The van der Waals surface area contributed by atoms with Crippen LogP contribution in [0.2, 0.25) is 0 Å². The van der Waals surface area contributed by atoms with Gasteiger partial charge in [0.15, 0.2) is 0 Å². The van der Waals surface area contributed by atoms with Crippen LogP contribution in [0.15, 0.2) is 60.7 Å². The van der Waals surface area contributed by atoms with Crippen molar-refractivity contribution in [2.24, 2.45) is 0 Å². The summed E-state index contributed by atoms with van der Waals surface area (Å²) in [6.07, 6.45) is 0.461. The molecule has 2 aromatic rings. The Morgan fingerprint density at radius 1 is 1.09 bits per heavy atom. The number of hydrogen-bond donors (Lipinski definition) is 0. The van der Waals surface area contributed by atoms with Gasteiger partial charge in [-0.2, -0.15) is 0 Å². The van der Waals surface area contributed by atoms with E-state index in [-0.39, 0.29) is 18.1 Å². The summed E-state index contributed by atoms with van der Waals surface area (Å²) in [5.74, 6) is 0.175. The fraction of sp³-hybridized carbons (Fsp3) is 0.316. The van der Waals surface area contributed by atoms with Crippen LogP contribution in [0.25, 0.3) is 0 Å². The molecule has 22 heavy (non-hydrogen) atoms. The van der Waals surface area contributed by atoms with Crippen molar-refractivity contribution in [1.82, 2.24) is 4.90 Å². The highest BCUT2D eigenvalue weighted by molar-refractivity contribution is 5.79. The van der Waals surface area contributed by atoms with Crippen LogP contribution in [-0.2, 0) is 16.1 Å². The Kier molecular flexibility index (Phi) is 4.54. The number of likely N-dealkylation sites (tertiary alicyclic amines) is 1. The highest BCUT2D eigenvalue weighted by Gasteiger charge is 2.33. The van der Waals surface area contributed by atoms with Gasteiger partial charge in [-0.3, -0.25) is 4.79 Å². The maximum absolute atomic E-state index is 12.3. The number of rotatable bonds is 5. The lowest BCUT2D eigenvalue weighted by molar-refractivity contribution is -0.129. The largest absolute Gasteiger partial charge is 0.371 e. The number of amides is 1. The van der Waals surface area contributed by atoms with E-state index in [1.54, 1.807) is 0 Å². The molecule has 1 heterocycles. The molecule has 0 aliphatic carbocycles. The molecule has 0 spiro atoms. The van der Waals surface area contributed by atoms with Gasteiger partial charge in [0.2, 0.25) is 5.91 Å². The lowest BCUT2D eigenvalue weighted by Gasteiger charge is -2.25. The first-order chi connectivity index (χ1) is 10.7. The topological polar surface area (TPSA) is 29.5 Å². The maximum atomic E-state index is 12.3. The molecule has 1 fully saturated rings. The Labute approximate surface area is 131 Å². The second-order valence-corrected chi connectivity index (χ2v) is 5.76. The van der Waals surface area contributed by atoms with Crippen LogP contribution < -0.4 is 0 Å². The summed E-state index contributed by atoms with van der Waals surface area (Å²) >= 11 is 0. The third-order valence-corrected chi connectivity index (χ3v) is 4.20. The Morgan fingerprint density at radius 3 is 2.41 bits per heavy atom. The Balaban J connectivity index is 1.59. The highest BCUT2D eigenvalue weighted by Crippen LogP contribution is 2.27. The SMILES string of the molecule is C[C@@H](c1ccccc1)N1C[C@H](OCc2ccccc2)CC1=O. The minimum absolute atomic E-state index is 0.0149. The van der Waals surface area contributed by atoms with Crippen molar-refractivity contribution in [3.8, 4) is 0 Å². The molecular formula is C19H21NO2. The molecule has 114 valence electrons. The minimum atomic E-state index is -0.0149. The van der Waals surface area contributed by atoms with E-state index >= 15 is 0 Å². The average molecular weight is 295 g/mol. The van der Waals surface area contributed by atoms with Gasteiger partial charge < -0.3 is 9.64 Å². The fourth-order valence-corrected chi connectivity index (χ4v) is 2.88. The normalized spacial score (nSPS) is 19.4. The lowest BCUT2D eigenvalue weighted by Crippen LogP contribution is -2.29. The van der Waals surface area contributed by atoms with E-state index in [0.717, 1.165) is 5.56 Å². The first-order valence-electron chi connectivity index (χ1n) is 7.74. The van der Waals surface area contributed by atoms with Crippen LogP contribution in [0.1, 0.15) is 30.5 Å². The van der Waals surface area contributed by atoms with Crippen LogP contribution in [0.3, 0.4) is 0 Å². The Bertz CT molecular complexity index is 612. The predicted octanol–water partition coefficient (Wildman–Crippen LogP) is 3.57. The highest BCUT2D eigenvalue weighted by atomic mass is 16.5. The summed E-state index contributed by atoms with van der Waals surface area (Å²) in [6.45, 7) is 3.31. The molecule has 3 rings (SSSR count). The van der Waals surface area contributed by atoms with Crippen molar-refractivity contribution < 1.29 is 9.53 Å². The average Bonchev–Trinajstić information content (AvgIpc) is 2.95. The first kappa shape index (κ1) is 14.8. The second-order valence-electron chi connectivity index (χ2n) is 5.76. The van der Waals surface area contributed by atoms with Crippen molar-refractivity contribution in [3.05, 3.63) is 71.8 Å². The Hall–Kier alpha value is -2.13. The molecule has 0 N–H and O–H groups in total. The molecule has 3 nitrogen and oxygen atoms in total. The van der Waals surface area contributed by atoms with Crippen LogP contribution >= 0.6 is 0 Å². The van der Waals surface area contributed by atoms with Gasteiger partial charge in [0.1, 0.15) is 0 Å². The van der Waals surface area contributed by atoms with Crippen molar-refractivity contribution in [3.63, 3.8) is 0 Å². The van der Waals surface area contributed by atoms with Gasteiger partial charge in [-0.1, -0.05) is 60.7 Å². The number of hydrogen-bond acceptors (Lipinski definition) is 2. The van der Waals surface area contributed by atoms with Gasteiger partial charge in [-0.15, -0.1) is 0 Å². The monoisotopic (exact) mass is 295 g/mol. The zero-order chi connectivity index (χ0) is 15.4. The summed E-state index contributed by atoms with van der Waals surface area (Å²) in [5.41, 5.74) is 2.31. The molecule has 0 bridgehead atoms. The first-order valence-corrected chi connectivity index (χ1v) is 7.74. The predicted molar refractivity (Wildman–Crippen MR) is 86.2 cm³/mol. The third-order valence-electron chi connectivity index (χ3n) is 4.20. The van der Waals surface area contributed by atoms with E-state index in [4.69, 9.17) is 4.74 Å². The number of carbonyl (C=O) groups is 1. The van der Waals surface area contributed by atoms with Crippen molar-refractivity contribution >= 4 is 5.91 Å². The zero-order valence-corrected chi connectivity index (χ0v) is 12.8. The number of nitrogens with zero attached hydrogens (tertiary/aromatic N) is 1. The van der Waals surface area contributed by atoms with E-state index in [2.05, 4.69) is 19.1 Å². The van der Waals surface area contributed by atoms with Crippen molar-refractivity contribution in [2.75, 3.05) is 6.54 Å². The van der Waals surface area contributed by atoms with Crippen LogP contribution in [0.5, 0.6) is 0 Å². The molecular weight excluding hydrogens is 274 g/mol. The van der Waals surface area contributed by atoms with E-state index in [9.17, 15) is 4.79 Å². The molecule has 0 saturated carbocycles. The smallest absolute Gasteiger partial charge is 0.225 e. The van der Waals surface area contributed by atoms with Gasteiger partial charge in [-0.05, 0) is 18.1 Å². The van der Waals surface area contributed by atoms with Gasteiger partial charge in [-0.25, -0.2) is 0 Å². The van der Waals surface area contributed by atoms with Gasteiger partial charge in [0.05, 0.1) is 25.2 Å². The van der Waals surface area contributed by atoms with Crippen LogP contribution in [-0.4, -0.2) is 23.5 Å². The lowest BCUT2D eigenvalue weighted by atomic mass is 10.1. The molecule has 1 aliphatic rings. The van der Waals surface area contributed by atoms with E-state index in [1.165, 1.54) is 5.56 Å². The molecule has 1 amide bonds. The summed E-state index contributed by atoms with van der Waals surface area (Å²) in [4.78, 5) is 14.2. The third kappa shape index (κ3) is 3.37.